The van der Waals surface area contributed by atoms with E-state index in [9.17, 15) is 14.7 Å². The molecule has 1 aromatic heterocycles. The first kappa shape index (κ1) is 18.8. The van der Waals surface area contributed by atoms with E-state index in [2.05, 4.69) is 17.2 Å². The van der Waals surface area contributed by atoms with Crippen LogP contribution in [0.1, 0.15) is 49.4 Å². The lowest BCUT2D eigenvalue weighted by molar-refractivity contribution is -0.139. The minimum Gasteiger partial charge on any atom is -0.480 e. The topological polar surface area (TPSA) is 79.3 Å². The van der Waals surface area contributed by atoms with Gasteiger partial charge in [0.15, 0.2) is 0 Å². The van der Waals surface area contributed by atoms with Crippen LogP contribution in [0.5, 0.6) is 0 Å². The lowest BCUT2D eigenvalue weighted by atomic mass is 10.0. The Kier molecular flexibility index (Phi) is 6.01. The molecule has 0 aliphatic rings. The normalized spacial score (nSPS) is 12.2. The van der Waals surface area contributed by atoms with Crippen LogP contribution in [0.4, 0.5) is 0 Å². The molecular formula is C22H24N2O3. The number of carboxylic acids is 1. The lowest BCUT2D eigenvalue weighted by Gasteiger charge is -2.16. The average molecular weight is 364 g/mol. The van der Waals surface area contributed by atoms with Gasteiger partial charge in [0.1, 0.15) is 6.04 Å². The minimum atomic E-state index is -0.998. The first-order valence-corrected chi connectivity index (χ1v) is 9.43. The monoisotopic (exact) mass is 364 g/mol. The van der Waals surface area contributed by atoms with Crippen molar-refractivity contribution in [2.45, 2.75) is 45.1 Å². The number of aliphatic carboxylic acids is 1. The van der Waals surface area contributed by atoms with Crippen molar-refractivity contribution in [1.82, 2.24) is 10.3 Å². The summed E-state index contributed by atoms with van der Waals surface area (Å²) in [6, 6.07) is 14.0. The summed E-state index contributed by atoms with van der Waals surface area (Å²) in [4.78, 5) is 29.3. The zero-order valence-electron chi connectivity index (χ0n) is 15.4. The van der Waals surface area contributed by atoms with Gasteiger partial charge >= 0.3 is 5.97 Å². The van der Waals surface area contributed by atoms with Gasteiger partial charge in [0.25, 0.3) is 5.91 Å². The Bertz CT molecular complexity index is 914. The zero-order valence-corrected chi connectivity index (χ0v) is 15.4. The Morgan fingerprint density at radius 3 is 2.11 bits per heavy atom. The van der Waals surface area contributed by atoms with Gasteiger partial charge in [-0.3, -0.25) is 4.79 Å². The molecule has 0 aliphatic carbocycles. The highest BCUT2D eigenvalue weighted by Gasteiger charge is 2.23. The standard InChI is InChI=1S/C22H24N2O3/c1-2-3-4-5-14-19(22(26)27)24-21(25)20-15-10-6-8-12-17(15)23-18-13-9-7-11-16(18)20/h6-13,19H,2-5,14H2,1H3,(H,24,25)(H,26,27)/t19-/m0/s1. The highest BCUT2D eigenvalue weighted by molar-refractivity contribution is 6.16. The highest BCUT2D eigenvalue weighted by Crippen LogP contribution is 2.26. The molecule has 0 radical (unpaired) electrons. The molecule has 3 aromatic rings. The number of hydrogen-bond donors (Lipinski definition) is 2. The molecule has 0 fully saturated rings. The summed E-state index contributed by atoms with van der Waals surface area (Å²) in [5, 5.41) is 13.7. The van der Waals surface area contributed by atoms with Gasteiger partial charge in [-0.2, -0.15) is 0 Å². The number of hydrogen-bond acceptors (Lipinski definition) is 3. The predicted octanol–water partition coefficient (Wildman–Crippen LogP) is 4.54. The molecule has 2 N–H and O–H groups in total. The van der Waals surface area contributed by atoms with Crippen molar-refractivity contribution in [2.75, 3.05) is 0 Å². The summed E-state index contributed by atoms with van der Waals surface area (Å²) < 4.78 is 0. The molecule has 3 rings (SSSR count). The molecule has 140 valence electrons. The van der Waals surface area contributed by atoms with Gasteiger partial charge in [0.05, 0.1) is 16.6 Å². The van der Waals surface area contributed by atoms with E-state index in [0.29, 0.717) is 12.0 Å². The third-order valence-corrected chi connectivity index (χ3v) is 4.76. The van der Waals surface area contributed by atoms with Gasteiger partial charge in [-0.15, -0.1) is 0 Å². The zero-order chi connectivity index (χ0) is 19.2. The van der Waals surface area contributed by atoms with Gasteiger partial charge < -0.3 is 10.4 Å². The Morgan fingerprint density at radius 1 is 0.963 bits per heavy atom. The number of nitrogens with one attached hydrogen (secondary N) is 1. The fourth-order valence-corrected chi connectivity index (χ4v) is 3.35. The second-order valence-corrected chi connectivity index (χ2v) is 6.73. The molecule has 0 spiro atoms. The minimum absolute atomic E-state index is 0.368. The van der Waals surface area contributed by atoms with Crippen LogP contribution in [0.15, 0.2) is 48.5 Å². The largest absolute Gasteiger partial charge is 0.480 e. The molecule has 1 atom stereocenters. The second kappa shape index (κ2) is 8.62. The van der Waals surface area contributed by atoms with Crippen LogP contribution in [0.3, 0.4) is 0 Å². The number of rotatable bonds is 8. The third-order valence-electron chi connectivity index (χ3n) is 4.76. The van der Waals surface area contributed by atoms with Crippen molar-refractivity contribution < 1.29 is 14.7 Å². The summed E-state index contributed by atoms with van der Waals surface area (Å²) in [7, 11) is 0. The van der Waals surface area contributed by atoms with Crippen molar-refractivity contribution >= 4 is 33.7 Å². The molecule has 2 aromatic carbocycles. The molecule has 1 heterocycles. The van der Waals surface area contributed by atoms with E-state index in [4.69, 9.17) is 0 Å². The second-order valence-electron chi connectivity index (χ2n) is 6.73. The number of amides is 1. The van der Waals surface area contributed by atoms with E-state index >= 15 is 0 Å². The molecule has 0 unspecified atom stereocenters. The molecule has 5 nitrogen and oxygen atoms in total. The summed E-state index contributed by atoms with van der Waals surface area (Å²) in [5.74, 6) is -1.37. The Hall–Kier alpha value is -2.95. The number of benzene rings is 2. The molecule has 0 bridgehead atoms. The number of fused-ring (bicyclic) bond motifs is 2. The number of unbranched alkanes of at least 4 members (excludes halogenated alkanes) is 3. The van der Waals surface area contributed by atoms with Crippen LogP contribution in [-0.2, 0) is 4.79 Å². The van der Waals surface area contributed by atoms with Gasteiger partial charge in [-0.1, -0.05) is 69.0 Å². The van der Waals surface area contributed by atoms with Crippen LogP contribution in [0, 0.1) is 0 Å². The van der Waals surface area contributed by atoms with E-state index in [0.717, 1.165) is 47.5 Å². The fraction of sp³-hybridized carbons (Fsp3) is 0.318. The molecule has 0 aliphatic heterocycles. The number of aromatic nitrogens is 1. The number of pyridine rings is 1. The number of para-hydroxylation sites is 2. The maximum absolute atomic E-state index is 13.1. The SMILES string of the molecule is CCCCCC[C@H](NC(=O)c1c2ccccc2nc2ccccc12)C(=O)O. The number of carboxylic acid groups (broad SMARTS) is 1. The molecule has 27 heavy (non-hydrogen) atoms. The van der Waals surface area contributed by atoms with Gasteiger partial charge in [-0.25, -0.2) is 9.78 Å². The first-order chi connectivity index (χ1) is 13.1. The average Bonchev–Trinajstić information content (AvgIpc) is 2.68. The Balaban J connectivity index is 1.94. The van der Waals surface area contributed by atoms with Crippen molar-refractivity contribution in [1.29, 1.82) is 0 Å². The highest BCUT2D eigenvalue weighted by atomic mass is 16.4. The van der Waals surface area contributed by atoms with E-state index < -0.39 is 12.0 Å². The first-order valence-electron chi connectivity index (χ1n) is 9.43. The van der Waals surface area contributed by atoms with Crippen LogP contribution >= 0.6 is 0 Å². The molecular weight excluding hydrogens is 340 g/mol. The fourth-order valence-electron chi connectivity index (χ4n) is 3.35. The van der Waals surface area contributed by atoms with Crippen molar-refractivity contribution in [3.05, 3.63) is 54.1 Å². The van der Waals surface area contributed by atoms with Crippen LogP contribution in [-0.4, -0.2) is 28.0 Å². The number of carbonyl (C=O) groups is 2. The smallest absolute Gasteiger partial charge is 0.326 e. The number of nitrogens with zero attached hydrogens (tertiary/aromatic N) is 1. The van der Waals surface area contributed by atoms with Crippen LogP contribution < -0.4 is 5.32 Å². The predicted molar refractivity (Wildman–Crippen MR) is 107 cm³/mol. The van der Waals surface area contributed by atoms with Gasteiger partial charge in [-0.05, 0) is 18.6 Å². The van der Waals surface area contributed by atoms with Crippen LogP contribution in [0.2, 0.25) is 0 Å². The molecule has 1 amide bonds. The van der Waals surface area contributed by atoms with E-state index in [-0.39, 0.29) is 5.91 Å². The van der Waals surface area contributed by atoms with Crippen molar-refractivity contribution in [3.63, 3.8) is 0 Å². The summed E-state index contributed by atoms with van der Waals surface area (Å²) in [6.45, 7) is 2.11. The maximum Gasteiger partial charge on any atom is 0.326 e. The quantitative estimate of drug-likeness (QED) is 0.454. The Labute approximate surface area is 158 Å². The van der Waals surface area contributed by atoms with E-state index in [1.807, 2.05) is 48.5 Å². The van der Waals surface area contributed by atoms with Crippen molar-refractivity contribution in [2.24, 2.45) is 0 Å². The van der Waals surface area contributed by atoms with Gasteiger partial charge in [0, 0.05) is 10.8 Å². The van der Waals surface area contributed by atoms with Gasteiger partial charge in [0.2, 0.25) is 0 Å². The maximum atomic E-state index is 13.1. The Morgan fingerprint density at radius 2 is 1.56 bits per heavy atom. The van der Waals surface area contributed by atoms with E-state index in [1.165, 1.54) is 0 Å². The van der Waals surface area contributed by atoms with Crippen LogP contribution in [0.25, 0.3) is 21.8 Å². The summed E-state index contributed by atoms with van der Waals surface area (Å²) in [5.41, 5.74) is 1.92. The third kappa shape index (κ3) is 4.25. The summed E-state index contributed by atoms with van der Waals surface area (Å²) in [6.07, 6.45) is 4.33. The molecule has 0 saturated carbocycles. The molecule has 5 heteroatoms. The number of carbonyl (C=O) groups excluding carboxylic acids is 1. The lowest BCUT2D eigenvalue weighted by Crippen LogP contribution is -2.40. The van der Waals surface area contributed by atoms with E-state index in [1.54, 1.807) is 0 Å². The summed E-state index contributed by atoms with van der Waals surface area (Å²) >= 11 is 0. The molecule has 0 saturated heterocycles. The van der Waals surface area contributed by atoms with Crippen molar-refractivity contribution in [3.8, 4) is 0 Å².